The fourth-order valence-electron chi connectivity index (χ4n) is 3.93. The van der Waals surface area contributed by atoms with Gasteiger partial charge < -0.3 is 14.5 Å². The molecule has 0 unspecified atom stereocenters. The average molecular weight is 450 g/mol. The van der Waals surface area contributed by atoms with Gasteiger partial charge in [-0.25, -0.2) is 4.98 Å². The largest absolute Gasteiger partial charge is 0.391 e. The molecule has 0 atom stereocenters. The van der Waals surface area contributed by atoms with Crippen molar-refractivity contribution < 1.29 is 17.9 Å². The molecule has 3 aromatic rings. The number of piperidine rings is 1. The van der Waals surface area contributed by atoms with Crippen LogP contribution in [0, 0.1) is 5.92 Å². The minimum Gasteiger partial charge on any atom is -0.378 e. The molecule has 0 spiro atoms. The summed E-state index contributed by atoms with van der Waals surface area (Å²) in [4.78, 5) is 22.1. The zero-order valence-electron chi connectivity index (χ0n) is 16.7. The van der Waals surface area contributed by atoms with Crippen LogP contribution in [0.15, 0.2) is 23.7 Å². The number of anilines is 2. The molecule has 11 heteroatoms. The van der Waals surface area contributed by atoms with Gasteiger partial charge in [0.15, 0.2) is 5.82 Å². The summed E-state index contributed by atoms with van der Waals surface area (Å²) >= 11 is 1.54. The van der Waals surface area contributed by atoms with Gasteiger partial charge in [-0.3, -0.25) is 0 Å². The van der Waals surface area contributed by atoms with E-state index in [-0.39, 0.29) is 25.9 Å². The van der Waals surface area contributed by atoms with E-state index in [1.54, 1.807) is 5.51 Å². The number of alkyl halides is 3. The van der Waals surface area contributed by atoms with E-state index < -0.39 is 12.1 Å². The highest BCUT2D eigenvalue weighted by atomic mass is 32.1. The number of hydrogen-bond donors (Lipinski definition) is 0. The van der Waals surface area contributed by atoms with Gasteiger partial charge in [0, 0.05) is 31.7 Å². The number of benzene rings is 1. The molecule has 0 aliphatic carbocycles. The van der Waals surface area contributed by atoms with Crippen molar-refractivity contribution >= 4 is 33.5 Å². The Balaban J connectivity index is 1.49. The third-order valence-electron chi connectivity index (χ3n) is 5.74. The van der Waals surface area contributed by atoms with Crippen LogP contribution in [0.3, 0.4) is 0 Å². The van der Waals surface area contributed by atoms with Gasteiger partial charge in [-0.05, 0) is 31.0 Å². The molecule has 2 aromatic heterocycles. The topological polar surface area (TPSA) is 67.3 Å². The maximum atomic E-state index is 13.1. The summed E-state index contributed by atoms with van der Waals surface area (Å²) in [6.07, 6.45) is -4.06. The second kappa shape index (κ2) is 8.19. The van der Waals surface area contributed by atoms with Crippen molar-refractivity contribution in [2.24, 2.45) is 5.92 Å². The normalized spacial score (nSPS) is 18.7. The summed E-state index contributed by atoms with van der Waals surface area (Å²) in [5, 5.41) is 0. The van der Waals surface area contributed by atoms with E-state index in [2.05, 4.69) is 15.0 Å². The van der Waals surface area contributed by atoms with Crippen molar-refractivity contribution in [1.29, 1.82) is 0 Å². The summed E-state index contributed by atoms with van der Waals surface area (Å²) < 4.78 is 45.7. The second-order valence-corrected chi connectivity index (χ2v) is 8.58. The van der Waals surface area contributed by atoms with Crippen LogP contribution in [0.1, 0.15) is 12.8 Å². The third kappa shape index (κ3) is 4.29. The van der Waals surface area contributed by atoms with Crippen LogP contribution < -0.4 is 9.80 Å². The minimum atomic E-state index is -4.15. The molecule has 1 aromatic carbocycles. The SMILES string of the molecule is FC(F)(F)C1CCN(c2nc(-c3ccc4ncsc4c3)nc(N3CCOCC3)n2)CC1. The van der Waals surface area contributed by atoms with Gasteiger partial charge in [0.25, 0.3) is 0 Å². The quantitative estimate of drug-likeness (QED) is 0.602. The molecule has 7 nitrogen and oxygen atoms in total. The number of thiazole rings is 1. The van der Waals surface area contributed by atoms with Crippen LogP contribution >= 0.6 is 11.3 Å². The molecule has 0 bridgehead atoms. The van der Waals surface area contributed by atoms with E-state index in [0.29, 0.717) is 44.0 Å². The molecule has 0 saturated carbocycles. The van der Waals surface area contributed by atoms with E-state index in [9.17, 15) is 13.2 Å². The predicted octanol–water partition coefficient (Wildman–Crippen LogP) is 3.76. The predicted molar refractivity (Wildman–Crippen MR) is 112 cm³/mol. The molecule has 0 radical (unpaired) electrons. The molecule has 2 fully saturated rings. The van der Waals surface area contributed by atoms with Crippen LogP contribution in [0.4, 0.5) is 25.1 Å². The zero-order valence-corrected chi connectivity index (χ0v) is 17.5. The van der Waals surface area contributed by atoms with Crippen molar-refractivity contribution in [3.63, 3.8) is 0 Å². The van der Waals surface area contributed by atoms with Crippen molar-refractivity contribution in [1.82, 2.24) is 19.9 Å². The number of hydrogen-bond acceptors (Lipinski definition) is 8. The molecule has 31 heavy (non-hydrogen) atoms. The Hall–Kier alpha value is -2.53. The van der Waals surface area contributed by atoms with Gasteiger partial charge in [0.1, 0.15) is 0 Å². The maximum absolute atomic E-state index is 13.1. The lowest BCUT2D eigenvalue weighted by atomic mass is 9.96. The number of halogens is 3. The fraction of sp³-hybridized carbons (Fsp3) is 0.500. The highest BCUT2D eigenvalue weighted by Gasteiger charge is 2.41. The van der Waals surface area contributed by atoms with Gasteiger partial charge in [-0.2, -0.15) is 28.1 Å². The van der Waals surface area contributed by atoms with Crippen molar-refractivity contribution in [2.75, 3.05) is 49.2 Å². The lowest BCUT2D eigenvalue weighted by molar-refractivity contribution is -0.179. The van der Waals surface area contributed by atoms with Crippen molar-refractivity contribution in [3.05, 3.63) is 23.7 Å². The Morgan fingerprint density at radius 1 is 0.935 bits per heavy atom. The fourth-order valence-corrected chi connectivity index (χ4v) is 4.65. The molecule has 4 heterocycles. The standard InChI is InChI=1S/C20H21F3N6OS/c21-20(22,23)14-3-5-28(6-4-14)18-25-17(13-1-2-15-16(11-13)31-12-24-15)26-19(27-18)29-7-9-30-10-8-29/h1-2,11-12,14H,3-10H2. The number of aromatic nitrogens is 4. The average Bonchev–Trinajstić information content (AvgIpc) is 3.27. The van der Waals surface area contributed by atoms with Gasteiger partial charge in [0.05, 0.1) is 34.9 Å². The number of ether oxygens (including phenoxy) is 1. The zero-order chi connectivity index (χ0) is 21.4. The number of morpholine rings is 1. The van der Waals surface area contributed by atoms with Crippen LogP contribution in [-0.2, 0) is 4.74 Å². The summed E-state index contributed by atoms with van der Waals surface area (Å²) in [7, 11) is 0. The second-order valence-electron chi connectivity index (χ2n) is 7.70. The van der Waals surface area contributed by atoms with E-state index in [4.69, 9.17) is 9.72 Å². The number of nitrogens with zero attached hydrogens (tertiary/aromatic N) is 6. The van der Waals surface area contributed by atoms with Crippen molar-refractivity contribution in [3.8, 4) is 11.4 Å². The molecule has 2 aliphatic rings. The summed E-state index contributed by atoms with van der Waals surface area (Å²) in [5.41, 5.74) is 3.53. The first-order valence-electron chi connectivity index (χ1n) is 10.2. The van der Waals surface area contributed by atoms with Crippen LogP contribution in [0.2, 0.25) is 0 Å². The van der Waals surface area contributed by atoms with E-state index >= 15 is 0 Å². The van der Waals surface area contributed by atoms with Gasteiger partial charge in [0.2, 0.25) is 11.9 Å². The highest BCUT2D eigenvalue weighted by Crippen LogP contribution is 2.35. The Bertz CT molecular complexity index is 1060. The minimum absolute atomic E-state index is 0.0459. The van der Waals surface area contributed by atoms with Gasteiger partial charge >= 0.3 is 6.18 Å². The summed E-state index contributed by atoms with van der Waals surface area (Å²) in [5.74, 6) is 0.208. The Morgan fingerprint density at radius 2 is 1.61 bits per heavy atom. The summed E-state index contributed by atoms with van der Waals surface area (Å²) in [6, 6.07) is 5.83. The first-order chi connectivity index (χ1) is 15.0. The van der Waals surface area contributed by atoms with Crippen LogP contribution in [0.25, 0.3) is 21.6 Å². The molecule has 0 N–H and O–H groups in total. The molecular formula is C20H21F3N6OS. The van der Waals surface area contributed by atoms with E-state index in [1.165, 1.54) is 11.3 Å². The number of fused-ring (bicyclic) bond motifs is 1. The number of rotatable bonds is 3. The van der Waals surface area contributed by atoms with E-state index in [0.717, 1.165) is 15.8 Å². The Kier molecular flexibility index (Phi) is 5.39. The van der Waals surface area contributed by atoms with Crippen molar-refractivity contribution in [2.45, 2.75) is 19.0 Å². The van der Waals surface area contributed by atoms with Crippen LogP contribution in [0.5, 0.6) is 0 Å². The molecule has 2 saturated heterocycles. The smallest absolute Gasteiger partial charge is 0.378 e. The molecule has 164 valence electrons. The van der Waals surface area contributed by atoms with Gasteiger partial charge in [-0.1, -0.05) is 0 Å². The lowest BCUT2D eigenvalue weighted by Gasteiger charge is -2.33. The van der Waals surface area contributed by atoms with Crippen LogP contribution in [-0.4, -0.2) is 65.5 Å². The van der Waals surface area contributed by atoms with Gasteiger partial charge in [-0.15, -0.1) is 11.3 Å². The monoisotopic (exact) mass is 450 g/mol. The third-order valence-corrected chi connectivity index (χ3v) is 6.53. The Labute approximate surface area is 180 Å². The first-order valence-corrected chi connectivity index (χ1v) is 11.1. The highest BCUT2D eigenvalue weighted by molar-refractivity contribution is 7.16. The molecular weight excluding hydrogens is 429 g/mol. The molecule has 2 aliphatic heterocycles. The lowest BCUT2D eigenvalue weighted by Crippen LogP contribution is -2.41. The molecule has 5 rings (SSSR count). The molecule has 0 amide bonds. The van der Waals surface area contributed by atoms with E-state index in [1.807, 2.05) is 28.0 Å². The summed E-state index contributed by atoms with van der Waals surface area (Å²) in [6.45, 7) is 3.02. The maximum Gasteiger partial charge on any atom is 0.391 e. The first kappa shape index (κ1) is 20.4. The Morgan fingerprint density at radius 3 is 2.29 bits per heavy atom.